The highest BCUT2D eigenvalue weighted by Crippen LogP contribution is 2.40. The van der Waals surface area contributed by atoms with E-state index >= 15 is 0 Å². The van der Waals surface area contributed by atoms with Crippen molar-refractivity contribution in [1.82, 2.24) is 5.32 Å². The summed E-state index contributed by atoms with van der Waals surface area (Å²) in [6.45, 7) is 3.30. The number of fused-ring (bicyclic) bond motifs is 1. The van der Waals surface area contributed by atoms with E-state index in [0.717, 1.165) is 43.9 Å². The van der Waals surface area contributed by atoms with Crippen LogP contribution in [-0.4, -0.2) is 31.9 Å². The van der Waals surface area contributed by atoms with E-state index in [1.165, 1.54) is 12.0 Å². The van der Waals surface area contributed by atoms with Gasteiger partial charge in [-0.05, 0) is 55.7 Å². The Hall–Kier alpha value is -1.42. The summed E-state index contributed by atoms with van der Waals surface area (Å²) in [4.78, 5) is 0. The number of aliphatic hydroxyl groups is 1. The minimum absolute atomic E-state index is 0.304. The summed E-state index contributed by atoms with van der Waals surface area (Å²) in [6.07, 6.45) is 9.40. The molecule has 4 unspecified atom stereocenters. The normalized spacial score (nSPS) is 34.4. The molecular formula is C19H29NO3. The second kappa shape index (κ2) is 7.00. The zero-order valence-electron chi connectivity index (χ0n) is 14.5. The number of aliphatic hydroxyl groups excluding tert-OH is 1. The van der Waals surface area contributed by atoms with Crippen molar-refractivity contribution in [3.05, 3.63) is 35.0 Å². The summed E-state index contributed by atoms with van der Waals surface area (Å²) in [5, 5.41) is 13.8. The fourth-order valence-corrected chi connectivity index (χ4v) is 4.37. The van der Waals surface area contributed by atoms with E-state index in [1.807, 2.05) is 6.08 Å². The maximum Gasteiger partial charge on any atom is 0.153 e. The van der Waals surface area contributed by atoms with Gasteiger partial charge in [0.05, 0.1) is 20.0 Å². The first-order valence-electron chi connectivity index (χ1n) is 8.75. The number of hydrogen-bond donors (Lipinski definition) is 2. The number of ether oxygens (including phenoxy) is 2. The standard InChI is InChI=1S/C19H29NO3/c1-12-8-19(23-3)18(21)11-14(12)10-17-16-5-4-15(22-2)9-13(16)6-7-20-17/h4,11-13,16-17,20-21H,5-10H2,1-3H3. The van der Waals surface area contributed by atoms with Gasteiger partial charge < -0.3 is 19.9 Å². The third-order valence-electron chi connectivity index (χ3n) is 5.82. The van der Waals surface area contributed by atoms with E-state index in [2.05, 4.69) is 18.3 Å². The number of methoxy groups -OCH3 is 2. The zero-order valence-corrected chi connectivity index (χ0v) is 14.5. The van der Waals surface area contributed by atoms with Crippen molar-refractivity contribution in [2.75, 3.05) is 20.8 Å². The van der Waals surface area contributed by atoms with Crippen LogP contribution in [0.4, 0.5) is 0 Å². The van der Waals surface area contributed by atoms with Crippen LogP contribution in [0.2, 0.25) is 0 Å². The predicted octanol–water partition coefficient (Wildman–Crippen LogP) is 3.68. The molecule has 0 aromatic heterocycles. The molecule has 4 nitrogen and oxygen atoms in total. The van der Waals surface area contributed by atoms with Gasteiger partial charge in [0.2, 0.25) is 0 Å². The Morgan fingerprint density at radius 3 is 2.83 bits per heavy atom. The number of hydrogen-bond acceptors (Lipinski definition) is 4. The summed E-state index contributed by atoms with van der Waals surface area (Å²) < 4.78 is 10.7. The Bertz CT molecular complexity index is 535. The first kappa shape index (κ1) is 16.4. The molecule has 1 fully saturated rings. The van der Waals surface area contributed by atoms with Crippen molar-refractivity contribution in [1.29, 1.82) is 0 Å². The van der Waals surface area contributed by atoms with Crippen LogP contribution in [0.15, 0.2) is 35.0 Å². The van der Waals surface area contributed by atoms with E-state index in [4.69, 9.17) is 9.47 Å². The molecule has 0 saturated carbocycles. The highest BCUT2D eigenvalue weighted by Gasteiger charge is 2.36. The lowest BCUT2D eigenvalue weighted by Gasteiger charge is -2.42. The van der Waals surface area contributed by atoms with Gasteiger partial charge in [-0.2, -0.15) is 0 Å². The molecule has 1 aliphatic heterocycles. The Balaban J connectivity index is 1.72. The van der Waals surface area contributed by atoms with Gasteiger partial charge in [0.1, 0.15) is 5.76 Å². The minimum atomic E-state index is 0.304. The van der Waals surface area contributed by atoms with Gasteiger partial charge in [-0.1, -0.05) is 12.5 Å². The van der Waals surface area contributed by atoms with Crippen LogP contribution in [0.5, 0.6) is 0 Å². The second-order valence-electron chi connectivity index (χ2n) is 7.13. The van der Waals surface area contributed by atoms with E-state index < -0.39 is 0 Å². The van der Waals surface area contributed by atoms with Crippen LogP contribution < -0.4 is 5.32 Å². The van der Waals surface area contributed by atoms with Crippen LogP contribution in [0.3, 0.4) is 0 Å². The van der Waals surface area contributed by atoms with Gasteiger partial charge in [0, 0.05) is 18.9 Å². The Kier molecular flexibility index (Phi) is 5.00. The van der Waals surface area contributed by atoms with Gasteiger partial charge in [0.25, 0.3) is 0 Å². The summed E-state index contributed by atoms with van der Waals surface area (Å²) in [5.74, 6) is 3.99. The maximum atomic E-state index is 10.1. The van der Waals surface area contributed by atoms with Crippen LogP contribution >= 0.6 is 0 Å². The molecule has 0 spiro atoms. The van der Waals surface area contributed by atoms with Crippen molar-refractivity contribution in [3.8, 4) is 0 Å². The zero-order chi connectivity index (χ0) is 16.4. The van der Waals surface area contributed by atoms with Crippen LogP contribution in [0.1, 0.15) is 39.0 Å². The quantitative estimate of drug-likeness (QED) is 0.830. The van der Waals surface area contributed by atoms with Crippen LogP contribution in [0.25, 0.3) is 0 Å². The summed E-state index contributed by atoms with van der Waals surface area (Å²) >= 11 is 0. The maximum absolute atomic E-state index is 10.1. The van der Waals surface area contributed by atoms with Gasteiger partial charge in [-0.3, -0.25) is 0 Å². The molecule has 3 rings (SSSR count). The number of nitrogens with one attached hydrogen (secondary N) is 1. The molecule has 3 aliphatic rings. The molecular weight excluding hydrogens is 290 g/mol. The van der Waals surface area contributed by atoms with Gasteiger partial charge >= 0.3 is 0 Å². The lowest BCUT2D eigenvalue weighted by molar-refractivity contribution is 0.141. The van der Waals surface area contributed by atoms with Crippen LogP contribution in [-0.2, 0) is 9.47 Å². The molecule has 4 atom stereocenters. The van der Waals surface area contributed by atoms with E-state index in [1.54, 1.807) is 14.2 Å². The fraction of sp³-hybridized carbons (Fsp3) is 0.684. The lowest BCUT2D eigenvalue weighted by Crippen LogP contribution is -2.47. The Morgan fingerprint density at radius 1 is 1.26 bits per heavy atom. The molecule has 0 aromatic carbocycles. The molecule has 128 valence electrons. The molecule has 0 radical (unpaired) electrons. The van der Waals surface area contributed by atoms with E-state index in [0.29, 0.717) is 29.4 Å². The second-order valence-corrected chi connectivity index (χ2v) is 7.13. The number of allylic oxidation sites excluding steroid dienone is 4. The minimum Gasteiger partial charge on any atom is -0.504 e. The smallest absolute Gasteiger partial charge is 0.153 e. The monoisotopic (exact) mass is 319 g/mol. The van der Waals surface area contributed by atoms with Gasteiger partial charge in [-0.25, -0.2) is 0 Å². The summed E-state index contributed by atoms with van der Waals surface area (Å²) in [6, 6.07) is 0.494. The predicted molar refractivity (Wildman–Crippen MR) is 90.9 cm³/mol. The Labute approximate surface area is 139 Å². The summed E-state index contributed by atoms with van der Waals surface area (Å²) in [5.41, 5.74) is 1.34. The highest BCUT2D eigenvalue weighted by atomic mass is 16.5. The SMILES string of the molecule is COC1=CCC2C(CCNC2CC2=CC(O)=C(OC)CC2C)C1. The first-order chi connectivity index (χ1) is 11.1. The largest absolute Gasteiger partial charge is 0.504 e. The van der Waals surface area contributed by atoms with Crippen LogP contribution in [0, 0.1) is 17.8 Å². The van der Waals surface area contributed by atoms with Crippen molar-refractivity contribution in [3.63, 3.8) is 0 Å². The molecule has 0 aromatic rings. The highest BCUT2D eigenvalue weighted by molar-refractivity contribution is 5.29. The van der Waals surface area contributed by atoms with Gasteiger partial charge in [-0.15, -0.1) is 0 Å². The molecule has 2 N–H and O–H groups in total. The number of rotatable bonds is 4. The first-order valence-corrected chi connectivity index (χ1v) is 8.75. The molecule has 2 aliphatic carbocycles. The third-order valence-corrected chi connectivity index (χ3v) is 5.82. The van der Waals surface area contributed by atoms with E-state index in [9.17, 15) is 5.11 Å². The average molecular weight is 319 g/mol. The molecule has 1 heterocycles. The lowest BCUT2D eigenvalue weighted by atomic mass is 9.71. The molecule has 23 heavy (non-hydrogen) atoms. The topological polar surface area (TPSA) is 50.7 Å². The molecule has 1 saturated heterocycles. The van der Waals surface area contributed by atoms with E-state index in [-0.39, 0.29) is 0 Å². The average Bonchev–Trinajstić information content (AvgIpc) is 2.57. The molecule has 0 amide bonds. The third kappa shape index (κ3) is 3.42. The van der Waals surface area contributed by atoms with Crippen molar-refractivity contribution in [2.45, 2.75) is 45.1 Å². The van der Waals surface area contributed by atoms with Crippen molar-refractivity contribution < 1.29 is 14.6 Å². The summed E-state index contributed by atoms with van der Waals surface area (Å²) in [7, 11) is 3.41. The number of piperidine rings is 1. The van der Waals surface area contributed by atoms with Crippen molar-refractivity contribution >= 4 is 0 Å². The van der Waals surface area contributed by atoms with Crippen molar-refractivity contribution in [2.24, 2.45) is 17.8 Å². The molecule has 0 bridgehead atoms. The Morgan fingerprint density at radius 2 is 2.09 bits per heavy atom. The fourth-order valence-electron chi connectivity index (χ4n) is 4.37. The van der Waals surface area contributed by atoms with Gasteiger partial charge in [0.15, 0.2) is 5.76 Å². The molecule has 4 heteroatoms.